The van der Waals surface area contributed by atoms with Crippen molar-refractivity contribution in [1.29, 1.82) is 0 Å². The van der Waals surface area contributed by atoms with Crippen LogP contribution in [0.3, 0.4) is 0 Å². The molecule has 228 valence electrons. The van der Waals surface area contributed by atoms with Crippen LogP contribution in [-0.4, -0.2) is 52.3 Å². The molecule has 0 spiro atoms. The molecule has 0 aliphatic rings. The highest BCUT2D eigenvalue weighted by Crippen LogP contribution is 2.32. The number of urea groups is 1. The van der Waals surface area contributed by atoms with Gasteiger partial charge < -0.3 is 15.6 Å². The van der Waals surface area contributed by atoms with Crippen molar-refractivity contribution in [3.63, 3.8) is 0 Å². The Balaban J connectivity index is 1.36. The summed E-state index contributed by atoms with van der Waals surface area (Å²) in [5.74, 6) is 0.884. The highest BCUT2D eigenvalue weighted by Gasteiger charge is 2.25. The van der Waals surface area contributed by atoms with Crippen LogP contribution in [0, 0.1) is 0 Å². The standard InChI is InChI=1S/C30H47ClN6O3S/c1-5-6-7-8-9-10-11-12-13-14-20-41(39,40)21-16-19-32-29(38)33-24-18-15-17-23(22-24)27-34-28-25(31)26(30(2,3)4)35-37(28)36-27/h15,17-18,22H,5-14,16,19-21H2,1-4H3,(H,34,36)(H2,32,33,38). The normalized spacial score (nSPS) is 12.2. The van der Waals surface area contributed by atoms with E-state index in [1.165, 1.54) is 49.6 Å². The zero-order chi connectivity index (χ0) is 29.9. The fraction of sp³-hybridized carbons (Fsp3) is 0.633. The number of fused-ring (bicyclic) bond motifs is 1. The number of carbonyl (C=O) groups excluding carboxylic acids is 1. The number of hydrogen-bond acceptors (Lipinski definition) is 5. The molecule has 2 aromatic heterocycles. The first-order valence-corrected chi connectivity index (χ1v) is 17.2. The number of benzene rings is 1. The number of nitrogens with zero attached hydrogens (tertiary/aromatic N) is 3. The van der Waals surface area contributed by atoms with Gasteiger partial charge in [-0.25, -0.2) is 13.2 Å². The number of nitrogens with one attached hydrogen (secondary N) is 3. The van der Waals surface area contributed by atoms with Gasteiger partial charge in [-0.05, 0) is 25.0 Å². The fourth-order valence-electron chi connectivity index (χ4n) is 4.73. The number of aromatic nitrogens is 4. The molecule has 41 heavy (non-hydrogen) atoms. The van der Waals surface area contributed by atoms with Gasteiger partial charge in [-0.2, -0.15) is 5.10 Å². The number of unbranched alkanes of at least 4 members (excludes halogenated alkanes) is 9. The Morgan fingerprint density at radius 3 is 2.22 bits per heavy atom. The summed E-state index contributed by atoms with van der Waals surface area (Å²) in [6.07, 6.45) is 12.1. The third-order valence-electron chi connectivity index (χ3n) is 7.07. The molecule has 2 heterocycles. The van der Waals surface area contributed by atoms with Crippen LogP contribution in [0.1, 0.15) is 104 Å². The number of anilines is 1. The summed E-state index contributed by atoms with van der Waals surface area (Å²) in [5.41, 5.74) is 2.53. The van der Waals surface area contributed by atoms with Crippen molar-refractivity contribution in [2.75, 3.05) is 23.4 Å². The highest BCUT2D eigenvalue weighted by atomic mass is 35.5. The first-order valence-electron chi connectivity index (χ1n) is 15.0. The lowest BCUT2D eigenvalue weighted by molar-refractivity contribution is 0.252. The Labute approximate surface area is 250 Å². The van der Waals surface area contributed by atoms with E-state index in [1.807, 2.05) is 32.9 Å². The van der Waals surface area contributed by atoms with Crippen molar-refractivity contribution in [1.82, 2.24) is 25.1 Å². The molecule has 9 nitrogen and oxygen atoms in total. The fourth-order valence-corrected chi connectivity index (χ4v) is 6.61. The van der Waals surface area contributed by atoms with Gasteiger partial charge in [0.05, 0.1) is 17.2 Å². The average Bonchev–Trinajstić information content (AvgIpc) is 3.47. The molecule has 11 heteroatoms. The molecular weight excluding hydrogens is 560 g/mol. The summed E-state index contributed by atoms with van der Waals surface area (Å²) < 4.78 is 26.2. The zero-order valence-corrected chi connectivity index (χ0v) is 26.6. The van der Waals surface area contributed by atoms with E-state index >= 15 is 0 Å². The van der Waals surface area contributed by atoms with Crippen LogP contribution >= 0.6 is 11.6 Å². The number of carbonyl (C=O) groups is 1. The average molecular weight is 607 g/mol. The van der Waals surface area contributed by atoms with Crippen molar-refractivity contribution in [2.45, 2.75) is 104 Å². The molecule has 0 fully saturated rings. The molecule has 3 N–H and O–H groups in total. The summed E-state index contributed by atoms with van der Waals surface area (Å²) in [4.78, 5) is 15.6. The SMILES string of the molecule is CCCCCCCCCCCCS(=O)(=O)CCCNC(=O)Nc1cccc(-c2nn3nc(C(C)(C)C)c(Cl)c3[nH]2)c1. The van der Waals surface area contributed by atoms with E-state index in [9.17, 15) is 13.2 Å². The molecule has 0 bridgehead atoms. The van der Waals surface area contributed by atoms with E-state index in [4.69, 9.17) is 11.6 Å². The van der Waals surface area contributed by atoms with Crippen LogP contribution < -0.4 is 10.6 Å². The third-order valence-corrected chi connectivity index (χ3v) is 9.25. The maximum absolute atomic E-state index is 12.4. The molecule has 0 saturated carbocycles. The van der Waals surface area contributed by atoms with Gasteiger partial charge in [0.2, 0.25) is 0 Å². The maximum Gasteiger partial charge on any atom is 0.319 e. The minimum atomic E-state index is -3.10. The van der Waals surface area contributed by atoms with Gasteiger partial charge >= 0.3 is 6.03 Å². The quantitative estimate of drug-likeness (QED) is 0.137. The monoisotopic (exact) mass is 606 g/mol. The number of amides is 2. The second kappa shape index (κ2) is 15.6. The Morgan fingerprint density at radius 2 is 1.59 bits per heavy atom. The second-order valence-corrected chi connectivity index (χ2v) is 14.6. The molecule has 0 saturated heterocycles. The van der Waals surface area contributed by atoms with Gasteiger partial charge in [-0.15, -0.1) is 9.73 Å². The van der Waals surface area contributed by atoms with Gasteiger partial charge in [-0.1, -0.05) is 109 Å². The summed E-state index contributed by atoms with van der Waals surface area (Å²) in [6, 6.07) is 6.88. The largest absolute Gasteiger partial charge is 0.338 e. The Hall–Kier alpha value is -2.59. The van der Waals surface area contributed by atoms with Crippen LogP contribution in [0.25, 0.3) is 17.0 Å². The zero-order valence-electron chi connectivity index (χ0n) is 25.1. The van der Waals surface area contributed by atoms with Gasteiger partial charge in [0.1, 0.15) is 14.9 Å². The second-order valence-electron chi connectivity index (χ2n) is 11.9. The first kappa shape index (κ1) is 32.9. The van der Waals surface area contributed by atoms with Gasteiger partial charge in [0.15, 0.2) is 11.5 Å². The molecule has 0 aliphatic carbocycles. The lowest BCUT2D eigenvalue weighted by Gasteiger charge is -2.14. The topological polar surface area (TPSA) is 121 Å². The van der Waals surface area contributed by atoms with Crippen LogP contribution in [0.5, 0.6) is 0 Å². The van der Waals surface area contributed by atoms with Crippen LogP contribution in [0.4, 0.5) is 10.5 Å². The van der Waals surface area contributed by atoms with Gasteiger partial charge in [0.25, 0.3) is 0 Å². The predicted molar refractivity (Wildman–Crippen MR) is 169 cm³/mol. The van der Waals surface area contributed by atoms with E-state index in [-0.39, 0.29) is 29.5 Å². The summed E-state index contributed by atoms with van der Waals surface area (Å²) in [5, 5.41) is 15.1. The number of rotatable bonds is 17. The lowest BCUT2D eigenvalue weighted by Crippen LogP contribution is -2.30. The van der Waals surface area contributed by atoms with Gasteiger partial charge in [-0.3, -0.25) is 0 Å². The molecule has 0 atom stereocenters. The molecule has 2 amide bonds. The van der Waals surface area contributed by atoms with Crippen molar-refractivity contribution in [2.24, 2.45) is 0 Å². The number of hydrogen-bond donors (Lipinski definition) is 3. The van der Waals surface area contributed by atoms with Crippen LogP contribution in [0.15, 0.2) is 24.3 Å². The summed E-state index contributed by atoms with van der Waals surface area (Å²) in [6.45, 7) is 8.64. The minimum Gasteiger partial charge on any atom is -0.338 e. The Bertz CT molecular complexity index is 1360. The highest BCUT2D eigenvalue weighted by molar-refractivity contribution is 7.91. The maximum atomic E-state index is 12.4. The first-order chi connectivity index (χ1) is 19.5. The van der Waals surface area contributed by atoms with Crippen molar-refractivity contribution < 1.29 is 13.2 Å². The summed E-state index contributed by atoms with van der Waals surface area (Å²) >= 11 is 6.54. The summed E-state index contributed by atoms with van der Waals surface area (Å²) in [7, 11) is -3.10. The minimum absolute atomic E-state index is 0.0833. The number of H-pyrrole nitrogens is 1. The van der Waals surface area contributed by atoms with Crippen molar-refractivity contribution in [3.05, 3.63) is 35.0 Å². The van der Waals surface area contributed by atoms with E-state index < -0.39 is 9.84 Å². The Kier molecular flexibility index (Phi) is 12.5. The third kappa shape index (κ3) is 10.6. The van der Waals surface area contributed by atoms with Crippen molar-refractivity contribution >= 4 is 38.8 Å². The van der Waals surface area contributed by atoms with Crippen molar-refractivity contribution in [3.8, 4) is 11.4 Å². The van der Waals surface area contributed by atoms with E-state index in [2.05, 4.69) is 32.7 Å². The smallest absolute Gasteiger partial charge is 0.319 e. The predicted octanol–water partition coefficient (Wildman–Crippen LogP) is 7.52. The number of halogens is 1. The number of sulfone groups is 1. The van der Waals surface area contributed by atoms with Gasteiger partial charge in [0, 0.05) is 23.2 Å². The molecular formula is C30H47ClN6O3S. The molecule has 3 rings (SSSR count). The van der Waals surface area contributed by atoms with Crippen LogP contribution in [-0.2, 0) is 15.3 Å². The molecule has 1 aromatic carbocycles. The molecule has 3 aromatic rings. The van der Waals surface area contributed by atoms with Crippen LogP contribution in [0.2, 0.25) is 5.02 Å². The van der Waals surface area contributed by atoms with E-state index in [0.29, 0.717) is 35.0 Å². The van der Waals surface area contributed by atoms with E-state index in [0.717, 1.165) is 24.1 Å². The number of aromatic amines is 1. The molecule has 0 unspecified atom stereocenters. The Morgan fingerprint density at radius 1 is 0.951 bits per heavy atom. The molecule has 0 radical (unpaired) electrons. The molecule has 0 aliphatic heterocycles. The lowest BCUT2D eigenvalue weighted by atomic mass is 9.92. The van der Waals surface area contributed by atoms with E-state index in [1.54, 1.807) is 12.1 Å².